The molecule has 1 aromatic carbocycles. The molecular weight excluding hydrogens is 270 g/mol. The molecule has 3 rings (SSSR count). The Hall–Kier alpha value is -1.66. The average molecular weight is 280 g/mol. The van der Waals surface area contributed by atoms with Crippen LogP contribution >= 0.6 is 23.8 Å². The molecule has 0 aliphatic carbocycles. The van der Waals surface area contributed by atoms with E-state index in [2.05, 4.69) is 15.1 Å². The molecule has 0 aliphatic heterocycles. The summed E-state index contributed by atoms with van der Waals surface area (Å²) < 4.78 is 4.24. The lowest BCUT2D eigenvalue weighted by atomic mass is 10.3. The highest BCUT2D eigenvalue weighted by molar-refractivity contribution is 7.71. The van der Waals surface area contributed by atoms with Crippen molar-refractivity contribution in [2.75, 3.05) is 0 Å². The molecule has 0 fully saturated rings. The summed E-state index contributed by atoms with van der Waals surface area (Å²) in [6.45, 7) is 0.528. The van der Waals surface area contributed by atoms with E-state index in [1.165, 1.54) is 0 Å². The number of nitrogens with zero attached hydrogens (tertiary/aromatic N) is 4. The van der Waals surface area contributed by atoms with Crippen LogP contribution in [0.4, 0.5) is 0 Å². The Morgan fingerprint density at radius 1 is 1.44 bits per heavy atom. The summed E-state index contributed by atoms with van der Waals surface area (Å²) >= 11 is 11.3. The number of hydrogen-bond acceptors (Lipinski definition) is 3. The van der Waals surface area contributed by atoms with Gasteiger partial charge in [0.2, 0.25) is 0 Å². The monoisotopic (exact) mass is 279 g/mol. The molecule has 7 heteroatoms. The van der Waals surface area contributed by atoms with Gasteiger partial charge >= 0.3 is 0 Å². The van der Waals surface area contributed by atoms with Crippen LogP contribution in [0.15, 0.2) is 24.5 Å². The standard InChI is InChI=1S/C11H10ClN5S/c1-16-6-13-10(15-16)5-17-9-4-7(12)2-3-8(9)14-11(17)18/h2-4,6H,5H2,1H3,(H,14,18). The molecule has 2 aromatic heterocycles. The SMILES string of the molecule is Cn1cnc(Cn2c(=S)[nH]c3ccc(Cl)cc32)n1. The molecular formula is C11H10ClN5S. The van der Waals surface area contributed by atoms with Crippen molar-refractivity contribution >= 4 is 34.9 Å². The quantitative estimate of drug-likeness (QED) is 0.734. The second-order valence-corrected chi connectivity index (χ2v) is 4.84. The van der Waals surface area contributed by atoms with Crippen molar-refractivity contribution in [2.24, 2.45) is 7.05 Å². The van der Waals surface area contributed by atoms with Crippen molar-refractivity contribution in [1.82, 2.24) is 24.3 Å². The molecule has 3 aromatic rings. The molecule has 0 aliphatic rings. The maximum atomic E-state index is 6.01. The van der Waals surface area contributed by atoms with Gasteiger partial charge < -0.3 is 9.55 Å². The Morgan fingerprint density at radius 2 is 2.28 bits per heavy atom. The molecule has 0 radical (unpaired) electrons. The summed E-state index contributed by atoms with van der Waals surface area (Å²) in [5.74, 6) is 0.717. The predicted octanol–water partition coefficient (Wildman–Crippen LogP) is 2.53. The van der Waals surface area contributed by atoms with Crippen LogP contribution in [0.5, 0.6) is 0 Å². The number of nitrogens with one attached hydrogen (secondary N) is 1. The van der Waals surface area contributed by atoms with Gasteiger partial charge in [-0.05, 0) is 30.4 Å². The molecule has 0 bridgehead atoms. The lowest BCUT2D eigenvalue weighted by Gasteiger charge is -2.01. The Balaban J connectivity index is 2.13. The van der Waals surface area contributed by atoms with Gasteiger partial charge in [-0.15, -0.1) is 0 Å². The summed E-state index contributed by atoms with van der Waals surface area (Å²) in [4.78, 5) is 7.34. The zero-order valence-electron chi connectivity index (χ0n) is 9.59. The fourth-order valence-electron chi connectivity index (χ4n) is 1.88. The number of aromatic amines is 1. The Kier molecular flexibility index (Phi) is 2.68. The van der Waals surface area contributed by atoms with Crippen LogP contribution in [0.1, 0.15) is 5.82 Å². The van der Waals surface area contributed by atoms with Gasteiger partial charge in [0, 0.05) is 12.1 Å². The number of fused-ring (bicyclic) bond motifs is 1. The smallest absolute Gasteiger partial charge is 0.178 e. The summed E-state index contributed by atoms with van der Waals surface area (Å²) in [6.07, 6.45) is 1.67. The second-order valence-electron chi connectivity index (χ2n) is 4.01. The molecule has 0 unspecified atom stereocenters. The number of benzene rings is 1. The average Bonchev–Trinajstić information content (AvgIpc) is 2.86. The van der Waals surface area contributed by atoms with Gasteiger partial charge in [-0.3, -0.25) is 4.68 Å². The van der Waals surface area contributed by atoms with E-state index in [1.807, 2.05) is 29.8 Å². The number of halogens is 1. The van der Waals surface area contributed by atoms with Crippen LogP contribution in [-0.4, -0.2) is 24.3 Å². The van der Waals surface area contributed by atoms with Gasteiger partial charge in [-0.1, -0.05) is 11.6 Å². The summed E-state index contributed by atoms with van der Waals surface area (Å²) in [5, 5.41) is 4.93. The third-order valence-electron chi connectivity index (χ3n) is 2.68. The Bertz CT molecular complexity index is 769. The molecule has 0 saturated carbocycles. The minimum atomic E-state index is 0.528. The van der Waals surface area contributed by atoms with Crippen LogP contribution < -0.4 is 0 Å². The largest absolute Gasteiger partial charge is 0.331 e. The topological polar surface area (TPSA) is 51.4 Å². The molecule has 92 valence electrons. The number of aromatic nitrogens is 5. The number of H-pyrrole nitrogens is 1. The highest BCUT2D eigenvalue weighted by Gasteiger charge is 2.07. The zero-order valence-corrected chi connectivity index (χ0v) is 11.2. The van der Waals surface area contributed by atoms with Crippen LogP contribution in [0, 0.1) is 4.77 Å². The van der Waals surface area contributed by atoms with E-state index in [0.717, 1.165) is 16.9 Å². The van der Waals surface area contributed by atoms with E-state index in [0.29, 0.717) is 16.3 Å². The summed E-state index contributed by atoms with van der Waals surface area (Å²) in [5.41, 5.74) is 1.92. The molecule has 0 amide bonds. The third-order valence-corrected chi connectivity index (χ3v) is 3.24. The Morgan fingerprint density at radius 3 is 3.00 bits per heavy atom. The summed E-state index contributed by atoms with van der Waals surface area (Å²) in [7, 11) is 1.84. The van der Waals surface area contributed by atoms with Gasteiger partial charge in [-0.2, -0.15) is 5.10 Å². The minimum Gasteiger partial charge on any atom is -0.331 e. The van der Waals surface area contributed by atoms with Gasteiger partial charge in [-0.25, -0.2) is 4.98 Å². The van der Waals surface area contributed by atoms with E-state index < -0.39 is 0 Å². The molecule has 18 heavy (non-hydrogen) atoms. The van der Waals surface area contributed by atoms with Gasteiger partial charge in [0.05, 0.1) is 17.6 Å². The Labute approximate surface area is 113 Å². The molecule has 1 N–H and O–H groups in total. The fourth-order valence-corrected chi connectivity index (χ4v) is 2.32. The second kappa shape index (κ2) is 4.22. The van der Waals surface area contributed by atoms with Crippen LogP contribution in [0.3, 0.4) is 0 Å². The first kappa shape index (κ1) is 11.4. The maximum absolute atomic E-state index is 6.01. The number of aryl methyl sites for hydroxylation is 1. The van der Waals surface area contributed by atoms with Crippen molar-refractivity contribution in [3.8, 4) is 0 Å². The first-order valence-electron chi connectivity index (χ1n) is 5.36. The maximum Gasteiger partial charge on any atom is 0.178 e. The first-order chi connectivity index (χ1) is 8.63. The van der Waals surface area contributed by atoms with Crippen molar-refractivity contribution < 1.29 is 0 Å². The minimum absolute atomic E-state index is 0.528. The van der Waals surface area contributed by atoms with Crippen molar-refractivity contribution in [3.63, 3.8) is 0 Å². The van der Waals surface area contributed by atoms with Crippen LogP contribution in [0.2, 0.25) is 5.02 Å². The van der Waals surface area contributed by atoms with E-state index in [1.54, 1.807) is 11.0 Å². The van der Waals surface area contributed by atoms with Gasteiger partial charge in [0.15, 0.2) is 10.6 Å². The van der Waals surface area contributed by atoms with E-state index >= 15 is 0 Å². The number of rotatable bonds is 2. The first-order valence-corrected chi connectivity index (χ1v) is 6.15. The van der Waals surface area contributed by atoms with Crippen LogP contribution in [0.25, 0.3) is 11.0 Å². The van der Waals surface area contributed by atoms with Gasteiger partial charge in [0.1, 0.15) is 6.33 Å². The summed E-state index contributed by atoms with van der Waals surface area (Å²) in [6, 6.07) is 5.63. The third kappa shape index (κ3) is 1.93. The van der Waals surface area contributed by atoms with Gasteiger partial charge in [0.25, 0.3) is 0 Å². The van der Waals surface area contributed by atoms with Crippen molar-refractivity contribution in [1.29, 1.82) is 0 Å². The van der Waals surface area contributed by atoms with Crippen molar-refractivity contribution in [2.45, 2.75) is 6.54 Å². The molecule has 5 nitrogen and oxygen atoms in total. The number of hydrogen-bond donors (Lipinski definition) is 1. The lowest BCUT2D eigenvalue weighted by Crippen LogP contribution is -2.02. The highest BCUT2D eigenvalue weighted by Crippen LogP contribution is 2.19. The zero-order chi connectivity index (χ0) is 12.7. The molecule has 0 saturated heterocycles. The van der Waals surface area contributed by atoms with E-state index in [4.69, 9.17) is 23.8 Å². The predicted molar refractivity (Wildman–Crippen MR) is 72.2 cm³/mol. The van der Waals surface area contributed by atoms with Crippen molar-refractivity contribution in [3.05, 3.63) is 40.1 Å². The van der Waals surface area contributed by atoms with E-state index in [9.17, 15) is 0 Å². The van der Waals surface area contributed by atoms with E-state index in [-0.39, 0.29) is 0 Å². The molecule has 0 spiro atoms. The van der Waals surface area contributed by atoms with Crippen LogP contribution in [-0.2, 0) is 13.6 Å². The highest BCUT2D eigenvalue weighted by atomic mass is 35.5. The normalized spacial score (nSPS) is 11.2. The lowest BCUT2D eigenvalue weighted by molar-refractivity contribution is 0.707. The fraction of sp³-hybridized carbons (Fsp3) is 0.182. The molecule has 2 heterocycles. The molecule has 0 atom stereocenters. The number of imidazole rings is 1.